The summed E-state index contributed by atoms with van der Waals surface area (Å²) in [6.45, 7) is 7.49. The quantitative estimate of drug-likeness (QED) is 0.864. The smallest absolute Gasteiger partial charge is 0.243 e. The lowest BCUT2D eigenvalue weighted by molar-refractivity contribution is -0.122. The minimum Gasteiger partial charge on any atom is -0.351 e. The van der Waals surface area contributed by atoms with E-state index in [1.807, 2.05) is 25.3 Å². The Labute approximate surface area is 154 Å². The lowest BCUT2D eigenvalue weighted by Crippen LogP contribution is -2.40. The maximum absolute atomic E-state index is 12.7. The van der Waals surface area contributed by atoms with Gasteiger partial charge in [-0.05, 0) is 51.8 Å². The molecule has 1 fully saturated rings. The highest BCUT2D eigenvalue weighted by Crippen LogP contribution is 2.24. The summed E-state index contributed by atoms with van der Waals surface area (Å²) < 4.78 is 28.8. The van der Waals surface area contributed by atoms with E-state index in [4.69, 9.17) is 0 Å². The molecule has 0 unspecified atom stereocenters. The third-order valence-corrected chi connectivity index (χ3v) is 6.28. The Morgan fingerprint density at radius 3 is 2.58 bits per heavy atom. The summed E-state index contributed by atoms with van der Waals surface area (Å²) in [6, 6.07) is 5.02. The lowest BCUT2D eigenvalue weighted by atomic mass is 10.1. The number of imidazole rings is 1. The van der Waals surface area contributed by atoms with Crippen LogP contribution in [-0.4, -0.2) is 46.8 Å². The number of hydrogen-bond donors (Lipinski definition) is 1. The first-order valence-electron chi connectivity index (χ1n) is 8.93. The molecule has 1 aromatic heterocycles. The summed E-state index contributed by atoms with van der Waals surface area (Å²) >= 11 is 0. The summed E-state index contributed by atoms with van der Waals surface area (Å²) in [5.41, 5.74) is 1.20. The van der Waals surface area contributed by atoms with E-state index in [9.17, 15) is 13.2 Å². The Bertz CT molecular complexity index is 906. The number of amides is 1. The van der Waals surface area contributed by atoms with E-state index in [1.165, 1.54) is 4.31 Å². The normalized spacial score (nSPS) is 16.3. The van der Waals surface area contributed by atoms with Crippen molar-refractivity contribution < 1.29 is 13.2 Å². The number of aromatic nitrogens is 2. The number of hydrogen-bond acceptors (Lipinski definition) is 4. The number of sulfonamides is 1. The zero-order chi connectivity index (χ0) is 18.9. The first kappa shape index (κ1) is 18.8. The molecule has 1 aliphatic rings. The summed E-state index contributed by atoms with van der Waals surface area (Å²) in [6.07, 6.45) is 3.82. The van der Waals surface area contributed by atoms with Crippen molar-refractivity contribution in [1.29, 1.82) is 0 Å². The first-order valence-corrected chi connectivity index (χ1v) is 10.4. The van der Waals surface area contributed by atoms with Crippen LogP contribution in [0.4, 0.5) is 0 Å². The monoisotopic (exact) mass is 378 g/mol. The van der Waals surface area contributed by atoms with E-state index in [-0.39, 0.29) is 16.3 Å². The number of fused-ring (bicyclic) bond motifs is 1. The minimum atomic E-state index is -3.45. The van der Waals surface area contributed by atoms with Gasteiger partial charge in [0.05, 0.1) is 22.3 Å². The van der Waals surface area contributed by atoms with Crippen LogP contribution < -0.4 is 5.32 Å². The zero-order valence-electron chi connectivity index (χ0n) is 15.5. The maximum Gasteiger partial charge on any atom is 0.243 e. The number of benzene rings is 1. The second-order valence-corrected chi connectivity index (χ2v) is 9.69. The topological polar surface area (TPSA) is 84.3 Å². The van der Waals surface area contributed by atoms with Crippen molar-refractivity contribution in [2.24, 2.45) is 0 Å². The van der Waals surface area contributed by atoms with Crippen LogP contribution in [0, 0.1) is 0 Å². The van der Waals surface area contributed by atoms with E-state index in [1.54, 1.807) is 24.5 Å². The Morgan fingerprint density at radius 1 is 1.23 bits per heavy atom. The van der Waals surface area contributed by atoms with Crippen LogP contribution in [0.5, 0.6) is 0 Å². The molecule has 0 bridgehead atoms. The molecule has 1 aromatic carbocycles. The van der Waals surface area contributed by atoms with Gasteiger partial charge >= 0.3 is 0 Å². The van der Waals surface area contributed by atoms with Gasteiger partial charge in [0.2, 0.25) is 15.9 Å². The van der Waals surface area contributed by atoms with Crippen LogP contribution in [0.25, 0.3) is 11.0 Å². The van der Waals surface area contributed by atoms with Crippen molar-refractivity contribution in [3.8, 4) is 0 Å². The van der Waals surface area contributed by atoms with Gasteiger partial charge in [-0.3, -0.25) is 4.79 Å². The average molecular weight is 378 g/mol. The third-order valence-electron chi connectivity index (χ3n) is 4.39. The Balaban J connectivity index is 1.76. The van der Waals surface area contributed by atoms with E-state index < -0.39 is 10.0 Å². The number of nitrogens with one attached hydrogen (secondary N) is 1. The summed E-state index contributed by atoms with van der Waals surface area (Å²) in [7, 11) is -3.45. The molecule has 1 N–H and O–H groups in total. The third kappa shape index (κ3) is 4.07. The minimum absolute atomic E-state index is 0.0208. The molecule has 1 saturated heterocycles. The van der Waals surface area contributed by atoms with E-state index >= 15 is 0 Å². The number of nitrogens with zero attached hydrogens (tertiary/aromatic N) is 3. The molecular formula is C18H26N4O3S. The van der Waals surface area contributed by atoms with Gasteiger partial charge in [-0.15, -0.1) is 0 Å². The number of carbonyl (C=O) groups excluding carboxylic acids is 1. The molecule has 142 valence electrons. The fraction of sp³-hybridized carbons (Fsp3) is 0.556. The van der Waals surface area contributed by atoms with Gasteiger partial charge in [-0.1, -0.05) is 0 Å². The molecule has 0 spiro atoms. The van der Waals surface area contributed by atoms with Gasteiger partial charge < -0.3 is 9.88 Å². The van der Waals surface area contributed by atoms with Gasteiger partial charge in [0.15, 0.2) is 0 Å². The fourth-order valence-electron chi connectivity index (χ4n) is 3.16. The van der Waals surface area contributed by atoms with Crippen LogP contribution >= 0.6 is 0 Å². The molecule has 26 heavy (non-hydrogen) atoms. The predicted octanol–water partition coefficient (Wildman–Crippen LogP) is 2.13. The number of aryl methyl sites for hydroxylation is 1. The summed E-state index contributed by atoms with van der Waals surface area (Å²) in [4.78, 5) is 16.6. The molecule has 0 radical (unpaired) electrons. The number of carbonyl (C=O) groups is 1. The molecule has 2 heterocycles. The van der Waals surface area contributed by atoms with E-state index in [2.05, 4.69) is 10.3 Å². The number of rotatable bonds is 5. The highest BCUT2D eigenvalue weighted by atomic mass is 32.2. The highest BCUT2D eigenvalue weighted by molar-refractivity contribution is 7.89. The maximum atomic E-state index is 12.7. The molecule has 1 aliphatic heterocycles. The summed E-state index contributed by atoms with van der Waals surface area (Å²) in [5, 5.41) is 2.93. The van der Waals surface area contributed by atoms with Gasteiger partial charge in [-0.2, -0.15) is 4.31 Å². The van der Waals surface area contributed by atoms with Gasteiger partial charge in [0.1, 0.15) is 0 Å². The first-order chi connectivity index (χ1) is 12.2. The van der Waals surface area contributed by atoms with Gasteiger partial charge in [0, 0.05) is 31.6 Å². The second-order valence-electron chi connectivity index (χ2n) is 7.75. The van der Waals surface area contributed by atoms with E-state index in [0.717, 1.165) is 18.4 Å². The standard InChI is InChI=1S/C18H26N4O3S/c1-18(2,3)20-17(23)8-11-21-13-19-15-12-14(6-7-16(15)21)26(24,25)22-9-4-5-10-22/h6-7,12-13H,4-5,8-11H2,1-3H3,(H,20,23). The summed E-state index contributed by atoms with van der Waals surface area (Å²) in [5.74, 6) is -0.0208. The predicted molar refractivity (Wildman–Crippen MR) is 100 cm³/mol. The average Bonchev–Trinajstić information content (AvgIpc) is 3.21. The van der Waals surface area contributed by atoms with Crippen LogP contribution in [0.3, 0.4) is 0 Å². The lowest BCUT2D eigenvalue weighted by Gasteiger charge is -2.20. The van der Waals surface area contributed by atoms with Crippen LogP contribution in [0.15, 0.2) is 29.4 Å². The van der Waals surface area contributed by atoms with Crippen molar-refractivity contribution in [3.05, 3.63) is 24.5 Å². The Hall–Kier alpha value is -1.93. The Morgan fingerprint density at radius 2 is 1.92 bits per heavy atom. The Kier molecular flexibility index (Phi) is 5.07. The van der Waals surface area contributed by atoms with Crippen molar-refractivity contribution in [1.82, 2.24) is 19.2 Å². The fourth-order valence-corrected chi connectivity index (χ4v) is 4.70. The van der Waals surface area contributed by atoms with E-state index in [0.29, 0.717) is 31.6 Å². The van der Waals surface area contributed by atoms with Crippen LogP contribution in [0.2, 0.25) is 0 Å². The molecule has 7 nitrogen and oxygen atoms in total. The molecule has 8 heteroatoms. The largest absolute Gasteiger partial charge is 0.351 e. The molecule has 3 rings (SSSR count). The SMILES string of the molecule is CC(C)(C)NC(=O)CCn1cnc2cc(S(=O)(=O)N3CCCC3)ccc21. The molecule has 0 aliphatic carbocycles. The van der Waals surface area contributed by atoms with Gasteiger partial charge in [0.25, 0.3) is 0 Å². The molecule has 0 saturated carbocycles. The van der Waals surface area contributed by atoms with Crippen LogP contribution in [-0.2, 0) is 21.4 Å². The molecule has 1 amide bonds. The zero-order valence-corrected chi connectivity index (χ0v) is 16.3. The molecule has 0 atom stereocenters. The molecule has 2 aromatic rings. The van der Waals surface area contributed by atoms with Crippen LogP contribution in [0.1, 0.15) is 40.0 Å². The van der Waals surface area contributed by atoms with Crippen molar-refractivity contribution in [2.45, 2.75) is 57.0 Å². The molecular weight excluding hydrogens is 352 g/mol. The van der Waals surface area contributed by atoms with Gasteiger partial charge in [-0.25, -0.2) is 13.4 Å². The van der Waals surface area contributed by atoms with Crippen molar-refractivity contribution >= 4 is 27.0 Å². The highest BCUT2D eigenvalue weighted by Gasteiger charge is 2.27. The second kappa shape index (κ2) is 7.00. The van der Waals surface area contributed by atoms with Crippen molar-refractivity contribution in [2.75, 3.05) is 13.1 Å². The van der Waals surface area contributed by atoms with Crippen molar-refractivity contribution in [3.63, 3.8) is 0 Å².